The summed E-state index contributed by atoms with van der Waals surface area (Å²) in [5.41, 5.74) is 10.6. The second kappa shape index (κ2) is 17.2. The molecule has 0 unspecified atom stereocenters. The van der Waals surface area contributed by atoms with Crippen LogP contribution in [0.1, 0.15) is 63.1 Å². The van der Waals surface area contributed by atoms with Crippen molar-refractivity contribution in [3.8, 4) is 11.5 Å². The highest BCUT2D eigenvalue weighted by Crippen LogP contribution is 2.28. The first kappa shape index (κ1) is 40.6. The van der Waals surface area contributed by atoms with Crippen molar-refractivity contribution in [3.63, 3.8) is 0 Å². The van der Waals surface area contributed by atoms with Crippen LogP contribution in [0.5, 0.6) is 11.5 Å². The quantitative estimate of drug-likeness (QED) is 0.127. The van der Waals surface area contributed by atoms with Crippen molar-refractivity contribution >= 4 is 45.1 Å². The highest BCUT2D eigenvalue weighted by molar-refractivity contribution is 7.88. The summed E-state index contributed by atoms with van der Waals surface area (Å²) in [6.07, 6.45) is 6.52. The second-order valence-corrected chi connectivity index (χ2v) is 14.9. The molecule has 2 aromatic carbocycles. The van der Waals surface area contributed by atoms with Gasteiger partial charge in [0.05, 0.1) is 35.6 Å². The number of sulfonamides is 1. The van der Waals surface area contributed by atoms with Crippen molar-refractivity contribution in [3.05, 3.63) is 81.9 Å². The maximum Gasteiger partial charge on any atom is 0.224 e. The molecule has 2 aromatic heterocycles. The molecular weight excluding hydrogens is 746 g/mol. The molecule has 294 valence electrons. The van der Waals surface area contributed by atoms with E-state index in [0.29, 0.717) is 25.9 Å². The van der Waals surface area contributed by atoms with Crippen LogP contribution in [0.3, 0.4) is 0 Å². The number of anilines is 4. The Bertz CT molecular complexity index is 2180. The minimum Gasteiger partial charge on any atom is -0.508 e. The van der Waals surface area contributed by atoms with Gasteiger partial charge in [-0.1, -0.05) is 0 Å². The largest absolute Gasteiger partial charge is 0.508 e. The third kappa shape index (κ3) is 9.56. The highest BCUT2D eigenvalue weighted by atomic mass is 32.2. The molecule has 0 amide bonds. The Morgan fingerprint density at radius 3 is 1.85 bits per heavy atom. The van der Waals surface area contributed by atoms with E-state index in [0.717, 1.165) is 44.1 Å². The van der Waals surface area contributed by atoms with Gasteiger partial charge in [0.15, 0.2) is 11.6 Å². The van der Waals surface area contributed by atoms with Crippen LogP contribution in [0.4, 0.5) is 36.7 Å². The zero-order valence-electron chi connectivity index (χ0n) is 30.2. The van der Waals surface area contributed by atoms with Crippen molar-refractivity contribution in [2.24, 2.45) is 0 Å². The average molecular weight is 787 g/mol. The van der Waals surface area contributed by atoms with Crippen molar-refractivity contribution in [2.75, 3.05) is 61.6 Å². The molecule has 6 rings (SSSR count). The summed E-state index contributed by atoms with van der Waals surface area (Å²) < 4.78 is 71.8. The van der Waals surface area contributed by atoms with Gasteiger partial charge in [-0.15, -0.1) is 0 Å². The van der Waals surface area contributed by atoms with Crippen LogP contribution in [0.2, 0.25) is 0 Å². The zero-order valence-corrected chi connectivity index (χ0v) is 31.0. The Morgan fingerprint density at radius 1 is 0.855 bits per heavy atom. The van der Waals surface area contributed by atoms with Crippen LogP contribution in [0.15, 0.2) is 36.7 Å². The molecule has 20 heteroatoms. The number of aromatic hydroxyl groups is 1. The van der Waals surface area contributed by atoms with Crippen molar-refractivity contribution in [1.82, 2.24) is 29.6 Å². The van der Waals surface area contributed by atoms with E-state index in [2.05, 4.69) is 35.9 Å². The summed E-state index contributed by atoms with van der Waals surface area (Å²) in [6, 6.07) is 4.40. The number of ether oxygens (including phenoxy) is 1. The Labute approximate surface area is 315 Å². The molecule has 2 saturated heterocycles. The number of rotatable bonds is 10. The molecule has 55 heavy (non-hydrogen) atoms. The van der Waals surface area contributed by atoms with E-state index in [1.165, 1.54) is 43.1 Å². The Hall–Kier alpha value is -5.60. The number of nitrogens with two attached hydrogens (primary N) is 2. The van der Waals surface area contributed by atoms with E-state index in [1.54, 1.807) is 0 Å². The van der Waals surface area contributed by atoms with Gasteiger partial charge >= 0.3 is 0 Å². The van der Waals surface area contributed by atoms with Gasteiger partial charge in [0.25, 0.3) is 0 Å². The number of piperidine rings is 2. The lowest BCUT2D eigenvalue weighted by Gasteiger charge is -2.30. The van der Waals surface area contributed by atoms with E-state index in [-0.39, 0.29) is 69.4 Å². The number of hydrogen-bond donors (Lipinski definition) is 6. The van der Waals surface area contributed by atoms with Gasteiger partial charge in [-0.3, -0.25) is 9.59 Å². The number of methoxy groups -OCH3 is 1. The molecule has 8 N–H and O–H groups in total. The minimum absolute atomic E-state index is 0.0419. The van der Waals surface area contributed by atoms with Crippen LogP contribution in [-0.4, -0.2) is 101 Å². The van der Waals surface area contributed by atoms with Gasteiger partial charge in [0, 0.05) is 43.1 Å². The predicted molar refractivity (Wildman–Crippen MR) is 198 cm³/mol. The van der Waals surface area contributed by atoms with Crippen LogP contribution in [-0.2, 0) is 10.0 Å². The highest BCUT2D eigenvalue weighted by Gasteiger charge is 2.28. The Balaban J connectivity index is 0.000000212. The molecular formula is C35H41F3N10O6S. The lowest BCUT2D eigenvalue weighted by atomic mass is 9.99. The smallest absolute Gasteiger partial charge is 0.224 e. The average Bonchev–Trinajstić information content (AvgIpc) is 3.14. The number of ketones is 2. The molecule has 4 heterocycles. The van der Waals surface area contributed by atoms with Gasteiger partial charge in [0.1, 0.15) is 29.0 Å². The maximum atomic E-state index is 14.3. The lowest BCUT2D eigenvalue weighted by molar-refractivity contribution is 0.102. The molecule has 0 atom stereocenters. The van der Waals surface area contributed by atoms with Crippen LogP contribution < -0.4 is 32.2 Å². The van der Waals surface area contributed by atoms with E-state index >= 15 is 0 Å². The number of carbonyl (C=O) groups is 2. The monoisotopic (exact) mass is 786 g/mol. The Morgan fingerprint density at radius 2 is 1.35 bits per heavy atom. The van der Waals surface area contributed by atoms with Gasteiger partial charge in [0.2, 0.25) is 33.5 Å². The molecule has 2 aliphatic rings. The number of carbonyl (C=O) groups excluding carboxylic acids is 2. The molecule has 0 spiro atoms. The summed E-state index contributed by atoms with van der Waals surface area (Å²) in [6.45, 7) is 3.98. The number of nitrogens with zero attached hydrogens (tertiary/aromatic N) is 5. The van der Waals surface area contributed by atoms with Gasteiger partial charge < -0.3 is 37.3 Å². The summed E-state index contributed by atoms with van der Waals surface area (Å²) in [5, 5.41) is 19.2. The van der Waals surface area contributed by atoms with E-state index in [4.69, 9.17) is 16.2 Å². The first-order valence-electron chi connectivity index (χ1n) is 17.1. The maximum absolute atomic E-state index is 14.3. The molecule has 2 aliphatic heterocycles. The number of phenols is 1. The van der Waals surface area contributed by atoms with Gasteiger partial charge in [-0.05, 0) is 70.0 Å². The van der Waals surface area contributed by atoms with Crippen molar-refractivity contribution in [1.29, 1.82) is 0 Å². The first-order valence-corrected chi connectivity index (χ1v) is 19.0. The minimum atomic E-state index is -3.21. The predicted octanol–water partition coefficient (Wildman–Crippen LogP) is 3.02. The summed E-state index contributed by atoms with van der Waals surface area (Å²) in [4.78, 5) is 41.5. The third-order valence-electron chi connectivity index (χ3n) is 9.17. The molecule has 0 radical (unpaired) electrons. The topological polar surface area (TPSA) is 241 Å². The number of nitrogens with one attached hydrogen (secondary N) is 3. The van der Waals surface area contributed by atoms with Gasteiger partial charge in [-0.25, -0.2) is 35.9 Å². The van der Waals surface area contributed by atoms with E-state index in [9.17, 15) is 36.3 Å². The van der Waals surface area contributed by atoms with Crippen LogP contribution in [0, 0.1) is 24.4 Å². The second-order valence-electron chi connectivity index (χ2n) is 12.9. The number of phenolic OH excluding ortho intramolecular Hbond substituents is 1. The molecule has 4 aromatic rings. The number of aromatic nitrogens is 4. The number of nitrogen functional groups attached to an aromatic ring is 2. The Kier molecular flexibility index (Phi) is 12.7. The fourth-order valence-corrected chi connectivity index (χ4v) is 6.93. The zero-order chi connectivity index (χ0) is 40.0. The molecule has 0 saturated carbocycles. The van der Waals surface area contributed by atoms with Gasteiger partial charge in [-0.2, -0.15) is 9.97 Å². The SMILES string of the molecule is COc1ccc(F)c(C(=O)c2cnc(NC3CCNCC3)nc2N)c1F.Cc1c(O)ccc(F)c1C(=O)c1cnc(NC2CCN(S(C)(=O)=O)CC2)nc1N. The van der Waals surface area contributed by atoms with Crippen LogP contribution in [0.25, 0.3) is 0 Å². The van der Waals surface area contributed by atoms with Crippen molar-refractivity contribution in [2.45, 2.75) is 44.7 Å². The number of hydrogen-bond acceptors (Lipinski definition) is 15. The lowest BCUT2D eigenvalue weighted by Crippen LogP contribution is -2.42. The first-order chi connectivity index (χ1) is 26.1. The molecule has 0 aliphatic carbocycles. The standard InChI is InChI=1S/C18H22FN5O4S.C17H19F2N5O2/c1-10-14(25)4-3-13(19)15(10)16(26)12-9-21-18(23-17(12)20)22-11-5-7-24(8-6-11)29(2,27)28;1-26-12-3-2-11(18)13(14(12)19)15(25)10-8-22-17(24-16(10)20)23-9-4-6-21-7-5-9/h3-4,9,11,25H,5-8H2,1-2H3,(H3,20,21,22,23);2-3,8-9,21H,4-7H2,1H3,(H3,20,22,23,24). The third-order valence-corrected chi connectivity index (χ3v) is 10.5. The summed E-state index contributed by atoms with van der Waals surface area (Å²) in [7, 11) is -1.99. The molecule has 16 nitrogen and oxygen atoms in total. The number of halogens is 3. The van der Waals surface area contributed by atoms with Crippen LogP contribution >= 0.6 is 0 Å². The normalized spacial score (nSPS) is 15.5. The summed E-state index contributed by atoms with van der Waals surface area (Å²) in [5.74, 6) is -4.77. The molecule has 0 bridgehead atoms. The summed E-state index contributed by atoms with van der Waals surface area (Å²) >= 11 is 0. The van der Waals surface area contributed by atoms with E-state index < -0.39 is 44.6 Å². The van der Waals surface area contributed by atoms with Crippen molar-refractivity contribution < 1.29 is 41.0 Å². The fraction of sp³-hybridized carbons (Fsp3) is 0.371. The molecule has 2 fully saturated rings. The fourth-order valence-electron chi connectivity index (χ4n) is 6.06. The number of benzene rings is 2. The van der Waals surface area contributed by atoms with E-state index in [1.807, 2.05) is 0 Å².